The first kappa shape index (κ1) is 17.8. The smallest absolute Gasteiger partial charge is 0.330 e. The van der Waals surface area contributed by atoms with Crippen LogP contribution in [0.3, 0.4) is 0 Å². The van der Waals surface area contributed by atoms with Crippen molar-refractivity contribution in [2.45, 2.75) is 44.5 Å². The van der Waals surface area contributed by atoms with Crippen LogP contribution in [0, 0.1) is 13.8 Å². The van der Waals surface area contributed by atoms with Gasteiger partial charge in [-0.3, -0.25) is 9.59 Å². The summed E-state index contributed by atoms with van der Waals surface area (Å²) in [5.41, 5.74) is 2.68. The molecule has 2 atom stereocenters. The number of nitrogens with zero attached hydrogens (tertiary/aromatic N) is 1. The van der Waals surface area contributed by atoms with Crippen molar-refractivity contribution in [1.29, 1.82) is 0 Å². The number of amides is 2. The summed E-state index contributed by atoms with van der Waals surface area (Å²) in [5, 5.41) is 2.76. The Labute approximate surface area is 151 Å². The Morgan fingerprint density at radius 2 is 2.16 bits per heavy atom. The SMILES string of the molecule is Cc1ccc(C)c(NC(=O)COC(=O)[C@@H]2CS[C@@]3(C)CCC(=O)N23)c1. The molecule has 134 valence electrons. The third kappa shape index (κ3) is 3.51. The predicted octanol–water partition coefficient (Wildman–Crippen LogP) is 2.24. The molecule has 0 aliphatic carbocycles. The fourth-order valence-corrected chi connectivity index (χ4v) is 4.70. The van der Waals surface area contributed by atoms with Crippen LogP contribution in [-0.2, 0) is 19.1 Å². The molecular formula is C18H22N2O4S. The van der Waals surface area contributed by atoms with Crippen molar-refractivity contribution >= 4 is 35.2 Å². The van der Waals surface area contributed by atoms with Crippen molar-refractivity contribution in [2.24, 2.45) is 0 Å². The van der Waals surface area contributed by atoms with Gasteiger partial charge in [0, 0.05) is 17.9 Å². The molecule has 0 radical (unpaired) electrons. The van der Waals surface area contributed by atoms with E-state index in [1.165, 1.54) is 0 Å². The lowest BCUT2D eigenvalue weighted by Crippen LogP contribution is -2.47. The van der Waals surface area contributed by atoms with Gasteiger partial charge in [-0.15, -0.1) is 11.8 Å². The molecule has 1 N–H and O–H groups in total. The summed E-state index contributed by atoms with van der Waals surface area (Å²) in [4.78, 5) is 37.8. The van der Waals surface area contributed by atoms with E-state index < -0.39 is 12.0 Å². The highest BCUT2D eigenvalue weighted by molar-refractivity contribution is 8.01. The summed E-state index contributed by atoms with van der Waals surface area (Å²) in [6.45, 7) is 5.46. The molecule has 0 saturated carbocycles. The first-order chi connectivity index (χ1) is 11.8. The molecule has 0 aromatic heterocycles. The van der Waals surface area contributed by atoms with Gasteiger partial charge in [-0.05, 0) is 44.4 Å². The maximum Gasteiger partial charge on any atom is 0.330 e. The Bertz CT molecular complexity index is 736. The Balaban J connectivity index is 1.56. The highest BCUT2D eigenvalue weighted by atomic mass is 32.2. The predicted molar refractivity (Wildman–Crippen MR) is 96.2 cm³/mol. The first-order valence-electron chi connectivity index (χ1n) is 8.30. The Morgan fingerprint density at radius 1 is 1.40 bits per heavy atom. The summed E-state index contributed by atoms with van der Waals surface area (Å²) in [6.07, 6.45) is 1.20. The molecule has 1 aromatic rings. The van der Waals surface area contributed by atoms with Gasteiger partial charge in [0.1, 0.15) is 6.04 Å². The van der Waals surface area contributed by atoms with Gasteiger partial charge < -0.3 is 15.0 Å². The number of hydrogen-bond donors (Lipinski definition) is 1. The number of carbonyl (C=O) groups is 3. The van der Waals surface area contributed by atoms with E-state index in [0.717, 1.165) is 17.5 Å². The van der Waals surface area contributed by atoms with Crippen LogP contribution < -0.4 is 5.32 Å². The molecule has 0 spiro atoms. The molecule has 0 bridgehead atoms. The topological polar surface area (TPSA) is 75.7 Å². The zero-order valence-electron chi connectivity index (χ0n) is 14.6. The number of nitrogens with one attached hydrogen (secondary N) is 1. The fourth-order valence-electron chi connectivity index (χ4n) is 3.28. The van der Waals surface area contributed by atoms with Crippen LogP contribution in [0.25, 0.3) is 0 Å². The average Bonchev–Trinajstić information content (AvgIpc) is 3.05. The molecule has 3 rings (SSSR count). The van der Waals surface area contributed by atoms with Gasteiger partial charge in [0.15, 0.2) is 6.61 Å². The minimum atomic E-state index is -0.599. The van der Waals surface area contributed by atoms with Gasteiger partial charge in [0.2, 0.25) is 5.91 Å². The zero-order valence-corrected chi connectivity index (χ0v) is 15.4. The van der Waals surface area contributed by atoms with E-state index in [2.05, 4.69) is 5.32 Å². The number of carbonyl (C=O) groups excluding carboxylic acids is 3. The second kappa shape index (κ2) is 6.71. The Morgan fingerprint density at radius 3 is 2.92 bits per heavy atom. The number of anilines is 1. The number of hydrogen-bond acceptors (Lipinski definition) is 5. The summed E-state index contributed by atoms with van der Waals surface area (Å²) >= 11 is 1.60. The molecule has 7 heteroatoms. The molecule has 2 amide bonds. The molecule has 2 aliphatic heterocycles. The number of aryl methyl sites for hydroxylation is 2. The summed E-state index contributed by atoms with van der Waals surface area (Å²) in [6, 6.07) is 5.16. The van der Waals surface area contributed by atoms with E-state index in [0.29, 0.717) is 17.9 Å². The van der Waals surface area contributed by atoms with Crippen LogP contribution in [0.15, 0.2) is 18.2 Å². The number of ether oxygens (including phenoxy) is 1. The second-order valence-electron chi connectivity index (χ2n) is 6.74. The van der Waals surface area contributed by atoms with Crippen molar-refractivity contribution in [3.8, 4) is 0 Å². The lowest BCUT2D eigenvalue weighted by atomic mass is 10.1. The van der Waals surface area contributed by atoms with Crippen LogP contribution in [0.2, 0.25) is 0 Å². The first-order valence-corrected chi connectivity index (χ1v) is 9.28. The zero-order chi connectivity index (χ0) is 18.2. The van der Waals surface area contributed by atoms with E-state index in [-0.39, 0.29) is 23.3 Å². The van der Waals surface area contributed by atoms with Crippen LogP contribution >= 0.6 is 11.8 Å². The molecule has 6 nitrogen and oxygen atoms in total. The monoisotopic (exact) mass is 362 g/mol. The summed E-state index contributed by atoms with van der Waals surface area (Å²) < 4.78 is 5.17. The van der Waals surface area contributed by atoms with Crippen molar-refractivity contribution in [2.75, 3.05) is 17.7 Å². The van der Waals surface area contributed by atoms with Gasteiger partial charge in [-0.25, -0.2) is 4.79 Å². The quantitative estimate of drug-likeness (QED) is 0.832. The number of fused-ring (bicyclic) bond motifs is 1. The molecule has 2 saturated heterocycles. The average molecular weight is 362 g/mol. The molecule has 1 aromatic carbocycles. The van der Waals surface area contributed by atoms with Crippen molar-refractivity contribution in [1.82, 2.24) is 4.90 Å². The van der Waals surface area contributed by atoms with E-state index in [4.69, 9.17) is 4.74 Å². The highest BCUT2D eigenvalue weighted by Gasteiger charge is 2.53. The van der Waals surface area contributed by atoms with Crippen molar-refractivity contribution in [3.63, 3.8) is 0 Å². The van der Waals surface area contributed by atoms with Crippen LogP contribution in [-0.4, -0.2) is 46.0 Å². The second-order valence-corrected chi connectivity index (χ2v) is 8.24. The maximum atomic E-state index is 12.3. The van der Waals surface area contributed by atoms with Gasteiger partial charge in [-0.2, -0.15) is 0 Å². The van der Waals surface area contributed by atoms with Crippen LogP contribution in [0.1, 0.15) is 30.9 Å². The number of thioether (sulfide) groups is 1. The van der Waals surface area contributed by atoms with Crippen molar-refractivity contribution in [3.05, 3.63) is 29.3 Å². The largest absolute Gasteiger partial charge is 0.454 e. The number of esters is 1. The van der Waals surface area contributed by atoms with E-state index in [9.17, 15) is 14.4 Å². The van der Waals surface area contributed by atoms with Gasteiger partial charge in [0.05, 0.1) is 4.87 Å². The van der Waals surface area contributed by atoms with Crippen molar-refractivity contribution < 1.29 is 19.1 Å². The Hall–Kier alpha value is -2.02. The molecule has 0 unspecified atom stereocenters. The lowest BCUT2D eigenvalue weighted by molar-refractivity contribution is -0.155. The third-order valence-corrected chi connectivity index (χ3v) is 6.23. The fraction of sp³-hybridized carbons (Fsp3) is 0.500. The van der Waals surface area contributed by atoms with E-state index in [1.807, 2.05) is 39.0 Å². The van der Waals surface area contributed by atoms with Crippen LogP contribution in [0.4, 0.5) is 5.69 Å². The molecule has 25 heavy (non-hydrogen) atoms. The van der Waals surface area contributed by atoms with Gasteiger partial charge >= 0.3 is 5.97 Å². The highest BCUT2D eigenvalue weighted by Crippen LogP contribution is 2.47. The molecular weight excluding hydrogens is 340 g/mol. The summed E-state index contributed by atoms with van der Waals surface area (Å²) in [7, 11) is 0. The van der Waals surface area contributed by atoms with E-state index >= 15 is 0 Å². The Kier molecular flexibility index (Phi) is 4.77. The lowest BCUT2D eigenvalue weighted by Gasteiger charge is -2.29. The van der Waals surface area contributed by atoms with Gasteiger partial charge in [0.25, 0.3) is 5.91 Å². The normalized spacial score (nSPS) is 25.0. The molecule has 2 aliphatic rings. The molecule has 2 fully saturated rings. The standard InChI is InChI=1S/C18H22N2O4S/c1-11-4-5-12(2)13(8-11)19-15(21)9-24-17(23)14-10-25-18(3)7-6-16(22)20(14)18/h4-5,8,14H,6-7,9-10H2,1-3H3,(H,19,21)/t14-,18-/m0/s1. The minimum Gasteiger partial charge on any atom is -0.454 e. The number of rotatable bonds is 4. The third-order valence-electron chi connectivity index (χ3n) is 4.73. The minimum absolute atomic E-state index is 0.0192. The van der Waals surface area contributed by atoms with Crippen LogP contribution in [0.5, 0.6) is 0 Å². The summed E-state index contributed by atoms with van der Waals surface area (Å²) in [5.74, 6) is -0.403. The van der Waals surface area contributed by atoms with E-state index in [1.54, 1.807) is 16.7 Å². The van der Waals surface area contributed by atoms with Gasteiger partial charge in [-0.1, -0.05) is 12.1 Å². The number of benzene rings is 1. The maximum absolute atomic E-state index is 12.3. The molecule has 2 heterocycles.